The molecule has 1 aliphatic carbocycles. The van der Waals surface area contributed by atoms with Crippen LogP contribution in [0.15, 0.2) is 0 Å². The summed E-state index contributed by atoms with van der Waals surface area (Å²) in [5.41, 5.74) is 5.33. The van der Waals surface area contributed by atoms with Gasteiger partial charge in [0.1, 0.15) is 0 Å². The number of nitrogens with one attached hydrogen (secondary N) is 1. The van der Waals surface area contributed by atoms with E-state index in [1.54, 1.807) is 7.05 Å². The lowest BCUT2D eigenvalue weighted by molar-refractivity contribution is 0.283. The fourth-order valence-electron chi connectivity index (χ4n) is 2.05. The average Bonchev–Trinajstić information content (AvgIpc) is 2.29. The molecule has 1 rings (SSSR count). The first-order valence-corrected chi connectivity index (χ1v) is 7.44. The van der Waals surface area contributed by atoms with Crippen molar-refractivity contribution in [3.05, 3.63) is 0 Å². The molecule has 0 aromatic rings. The van der Waals surface area contributed by atoms with Crippen molar-refractivity contribution in [2.45, 2.75) is 44.6 Å². The van der Waals surface area contributed by atoms with Crippen LogP contribution in [0.5, 0.6) is 0 Å². The third-order valence-corrected chi connectivity index (χ3v) is 4.76. The van der Waals surface area contributed by atoms with Crippen LogP contribution in [0.3, 0.4) is 0 Å². The van der Waals surface area contributed by atoms with Gasteiger partial charge in [0.05, 0.1) is 0 Å². The fraction of sp³-hybridized carbons (Fsp3) is 1.00. The Labute approximate surface area is 98.6 Å². The maximum atomic E-state index is 11.9. The second kappa shape index (κ2) is 6.54. The van der Waals surface area contributed by atoms with Gasteiger partial charge < -0.3 is 5.73 Å². The maximum absolute atomic E-state index is 11.9. The van der Waals surface area contributed by atoms with E-state index in [1.807, 2.05) is 0 Å². The minimum absolute atomic E-state index is 0.170. The Morgan fingerprint density at radius 3 is 2.50 bits per heavy atom. The van der Waals surface area contributed by atoms with Crippen LogP contribution in [0.1, 0.15) is 38.5 Å². The minimum atomic E-state index is -3.30. The Kier molecular flexibility index (Phi) is 5.68. The molecule has 0 radical (unpaired) electrons. The van der Waals surface area contributed by atoms with Crippen molar-refractivity contribution in [1.29, 1.82) is 0 Å². The van der Waals surface area contributed by atoms with Crippen LogP contribution >= 0.6 is 0 Å². The normalized spacial score (nSPS) is 19.2. The minimum Gasteiger partial charge on any atom is -0.330 e. The number of nitrogens with two attached hydrogens (primary N) is 1. The molecule has 3 N–H and O–H groups in total. The van der Waals surface area contributed by atoms with Gasteiger partial charge in [-0.3, -0.25) is 0 Å². The summed E-state index contributed by atoms with van der Waals surface area (Å²) in [6.07, 6.45) is 6.13. The highest BCUT2D eigenvalue weighted by Gasteiger charge is 2.26. The molecule has 0 aliphatic heterocycles. The summed E-state index contributed by atoms with van der Waals surface area (Å²) < 4.78 is 27.8. The summed E-state index contributed by atoms with van der Waals surface area (Å²) in [7, 11) is -1.64. The van der Waals surface area contributed by atoms with E-state index in [0.717, 1.165) is 25.7 Å². The molecule has 0 aromatic heterocycles. The topological polar surface area (TPSA) is 75.4 Å². The van der Waals surface area contributed by atoms with Crippen LogP contribution in [0.2, 0.25) is 0 Å². The first-order valence-electron chi connectivity index (χ1n) is 6.00. The Balaban J connectivity index is 2.46. The van der Waals surface area contributed by atoms with Gasteiger partial charge >= 0.3 is 0 Å². The second-order valence-electron chi connectivity index (χ2n) is 4.35. The second-order valence-corrected chi connectivity index (χ2v) is 6.16. The van der Waals surface area contributed by atoms with Crippen molar-refractivity contribution in [3.8, 4) is 0 Å². The predicted octanol–water partition coefficient (Wildman–Crippen LogP) is 0.434. The summed E-state index contributed by atoms with van der Waals surface area (Å²) in [6.45, 7) is 0.936. The van der Waals surface area contributed by atoms with Crippen LogP contribution in [0.25, 0.3) is 0 Å². The van der Waals surface area contributed by atoms with Gasteiger partial charge in [0.2, 0.25) is 0 Å². The zero-order valence-electron chi connectivity index (χ0n) is 9.98. The van der Waals surface area contributed by atoms with E-state index in [0.29, 0.717) is 19.5 Å². The monoisotopic (exact) mass is 249 g/mol. The quantitative estimate of drug-likeness (QED) is 0.670. The van der Waals surface area contributed by atoms with Gasteiger partial charge in [-0.1, -0.05) is 19.3 Å². The molecule has 0 heterocycles. The van der Waals surface area contributed by atoms with Crippen molar-refractivity contribution in [3.63, 3.8) is 0 Å². The molecule has 0 unspecified atom stereocenters. The lowest BCUT2D eigenvalue weighted by atomic mass is 9.96. The van der Waals surface area contributed by atoms with E-state index >= 15 is 0 Å². The van der Waals surface area contributed by atoms with Gasteiger partial charge in [-0.15, -0.1) is 0 Å². The number of hydrogen-bond donors (Lipinski definition) is 2. The Bertz CT molecular complexity index is 286. The number of rotatable bonds is 6. The maximum Gasteiger partial charge on any atom is 0.279 e. The van der Waals surface area contributed by atoms with Gasteiger partial charge in [-0.2, -0.15) is 12.7 Å². The molecule has 1 aliphatic rings. The van der Waals surface area contributed by atoms with Gasteiger partial charge in [-0.05, 0) is 25.8 Å². The smallest absolute Gasteiger partial charge is 0.279 e. The highest BCUT2D eigenvalue weighted by atomic mass is 32.2. The van der Waals surface area contributed by atoms with Gasteiger partial charge in [0.25, 0.3) is 10.2 Å². The summed E-state index contributed by atoms with van der Waals surface area (Å²) in [5.74, 6) is 0. The van der Waals surface area contributed by atoms with E-state index in [-0.39, 0.29) is 6.04 Å². The fourth-order valence-corrected chi connectivity index (χ4v) is 3.26. The molecule has 0 amide bonds. The lowest BCUT2D eigenvalue weighted by Crippen LogP contribution is -2.45. The lowest BCUT2D eigenvalue weighted by Gasteiger charge is -2.30. The molecule has 1 saturated carbocycles. The van der Waals surface area contributed by atoms with Crippen LogP contribution in [-0.4, -0.2) is 38.9 Å². The van der Waals surface area contributed by atoms with E-state index in [4.69, 9.17) is 5.73 Å². The first kappa shape index (κ1) is 13.9. The summed E-state index contributed by atoms with van der Waals surface area (Å²) >= 11 is 0. The first-order chi connectivity index (χ1) is 7.58. The zero-order valence-corrected chi connectivity index (χ0v) is 10.8. The summed E-state index contributed by atoms with van der Waals surface area (Å²) in [6, 6.07) is 0.170. The molecular formula is C10H23N3O2S. The van der Waals surface area contributed by atoms with E-state index in [2.05, 4.69) is 4.72 Å². The van der Waals surface area contributed by atoms with Crippen LogP contribution in [0, 0.1) is 0 Å². The van der Waals surface area contributed by atoms with Crippen molar-refractivity contribution in [2.24, 2.45) is 5.73 Å². The molecular weight excluding hydrogens is 226 g/mol. The van der Waals surface area contributed by atoms with E-state index in [1.165, 1.54) is 10.7 Å². The summed E-state index contributed by atoms with van der Waals surface area (Å²) in [4.78, 5) is 0. The van der Waals surface area contributed by atoms with Crippen LogP contribution in [-0.2, 0) is 10.2 Å². The van der Waals surface area contributed by atoms with Crippen molar-refractivity contribution < 1.29 is 8.42 Å². The molecule has 0 spiro atoms. The Morgan fingerprint density at radius 2 is 1.94 bits per heavy atom. The molecule has 0 aromatic carbocycles. The highest BCUT2D eigenvalue weighted by Crippen LogP contribution is 2.22. The SMILES string of the molecule is CN(C1CCCCC1)S(=O)(=O)NCCCN. The average molecular weight is 249 g/mol. The zero-order chi connectivity index (χ0) is 12.0. The standard InChI is InChI=1S/C10H23N3O2S/c1-13(10-6-3-2-4-7-10)16(14,15)12-9-5-8-11/h10,12H,2-9,11H2,1H3. The molecule has 0 bridgehead atoms. The van der Waals surface area contributed by atoms with Crippen molar-refractivity contribution in [1.82, 2.24) is 9.03 Å². The molecule has 0 atom stereocenters. The van der Waals surface area contributed by atoms with Crippen LogP contribution < -0.4 is 10.5 Å². The summed E-state index contributed by atoms with van der Waals surface area (Å²) in [5, 5.41) is 0. The van der Waals surface area contributed by atoms with Crippen LogP contribution in [0.4, 0.5) is 0 Å². The third-order valence-electron chi connectivity index (χ3n) is 3.13. The van der Waals surface area contributed by atoms with Crippen molar-refractivity contribution in [2.75, 3.05) is 20.1 Å². The molecule has 5 nitrogen and oxygen atoms in total. The molecule has 1 fully saturated rings. The van der Waals surface area contributed by atoms with Gasteiger partial charge in [0.15, 0.2) is 0 Å². The van der Waals surface area contributed by atoms with E-state index in [9.17, 15) is 8.42 Å². The number of nitrogens with zero attached hydrogens (tertiary/aromatic N) is 1. The van der Waals surface area contributed by atoms with Crippen molar-refractivity contribution >= 4 is 10.2 Å². The largest absolute Gasteiger partial charge is 0.330 e. The third kappa shape index (κ3) is 4.01. The Morgan fingerprint density at radius 1 is 1.31 bits per heavy atom. The van der Waals surface area contributed by atoms with Gasteiger partial charge in [-0.25, -0.2) is 4.72 Å². The highest BCUT2D eigenvalue weighted by molar-refractivity contribution is 7.87. The molecule has 96 valence electrons. The predicted molar refractivity (Wildman–Crippen MR) is 65.2 cm³/mol. The Hall–Kier alpha value is -0.170. The van der Waals surface area contributed by atoms with E-state index < -0.39 is 10.2 Å². The molecule has 6 heteroatoms. The van der Waals surface area contributed by atoms with Gasteiger partial charge in [0, 0.05) is 19.6 Å². The molecule has 16 heavy (non-hydrogen) atoms. The molecule has 0 saturated heterocycles. The number of hydrogen-bond acceptors (Lipinski definition) is 3.